The Morgan fingerprint density at radius 3 is 2.44 bits per heavy atom. The van der Waals surface area contributed by atoms with Crippen LogP contribution in [0.15, 0.2) is 40.9 Å². The zero-order valence-corrected chi connectivity index (χ0v) is 15.4. The van der Waals surface area contributed by atoms with Crippen molar-refractivity contribution in [3.05, 3.63) is 57.8 Å². The van der Waals surface area contributed by atoms with Gasteiger partial charge in [0.1, 0.15) is 0 Å². The molecule has 2 amide bonds. The smallest absolute Gasteiger partial charge is 0.258 e. The van der Waals surface area contributed by atoms with Gasteiger partial charge >= 0.3 is 0 Å². The first-order valence-electron chi connectivity index (χ1n) is 7.57. The summed E-state index contributed by atoms with van der Waals surface area (Å²) in [6.45, 7) is 3.21. The molecule has 2 aromatic rings. The number of anilines is 1. The molecule has 0 spiro atoms. The van der Waals surface area contributed by atoms with Crippen LogP contribution in [0.25, 0.3) is 0 Å². The number of carbonyl (C=O) groups excluding carboxylic acids is 2. The second kappa shape index (κ2) is 8.62. The molecular formula is C18H18BrFN2O3. The van der Waals surface area contributed by atoms with Crippen molar-refractivity contribution in [2.75, 3.05) is 18.5 Å². The summed E-state index contributed by atoms with van der Waals surface area (Å²) in [5.41, 5.74) is 2.61. The van der Waals surface area contributed by atoms with Crippen molar-refractivity contribution in [2.45, 2.75) is 13.8 Å². The molecule has 0 fully saturated rings. The highest BCUT2D eigenvalue weighted by atomic mass is 79.9. The Hall–Kier alpha value is -2.41. The van der Waals surface area contributed by atoms with Crippen LogP contribution in [-0.4, -0.2) is 25.0 Å². The van der Waals surface area contributed by atoms with Gasteiger partial charge in [-0.1, -0.05) is 34.1 Å². The minimum Gasteiger partial charge on any atom is -0.481 e. The van der Waals surface area contributed by atoms with Crippen LogP contribution in [0.3, 0.4) is 0 Å². The number of carbonyl (C=O) groups is 2. The third-order valence-electron chi connectivity index (χ3n) is 3.44. The Balaban J connectivity index is 1.80. The lowest BCUT2D eigenvalue weighted by Gasteiger charge is -2.12. The van der Waals surface area contributed by atoms with E-state index in [4.69, 9.17) is 4.74 Å². The van der Waals surface area contributed by atoms with Crippen LogP contribution in [0.5, 0.6) is 5.75 Å². The molecule has 0 radical (unpaired) electrons. The molecule has 2 rings (SSSR count). The molecule has 0 saturated heterocycles. The second-order valence-corrected chi connectivity index (χ2v) is 6.37. The first-order valence-corrected chi connectivity index (χ1v) is 8.36. The van der Waals surface area contributed by atoms with Crippen LogP contribution in [0.1, 0.15) is 11.1 Å². The summed E-state index contributed by atoms with van der Waals surface area (Å²) < 4.78 is 19.3. The maximum atomic E-state index is 13.6. The Morgan fingerprint density at radius 2 is 1.80 bits per heavy atom. The van der Waals surface area contributed by atoms with Gasteiger partial charge in [-0.2, -0.15) is 0 Å². The molecule has 0 bridgehead atoms. The molecule has 0 unspecified atom stereocenters. The van der Waals surface area contributed by atoms with Crippen LogP contribution >= 0.6 is 15.9 Å². The average molecular weight is 409 g/mol. The van der Waals surface area contributed by atoms with E-state index in [1.54, 1.807) is 6.07 Å². The van der Waals surface area contributed by atoms with Crippen LogP contribution in [0.4, 0.5) is 10.1 Å². The van der Waals surface area contributed by atoms with Crippen LogP contribution < -0.4 is 15.4 Å². The van der Waals surface area contributed by atoms with Crippen molar-refractivity contribution in [3.63, 3.8) is 0 Å². The van der Waals surface area contributed by atoms with E-state index in [2.05, 4.69) is 26.6 Å². The first-order chi connectivity index (χ1) is 11.9. The quantitative estimate of drug-likeness (QED) is 0.769. The van der Waals surface area contributed by atoms with Crippen molar-refractivity contribution >= 4 is 33.4 Å². The fourth-order valence-electron chi connectivity index (χ4n) is 2.16. The van der Waals surface area contributed by atoms with Crippen molar-refractivity contribution in [3.8, 4) is 5.75 Å². The van der Waals surface area contributed by atoms with E-state index < -0.39 is 11.7 Å². The molecule has 0 aliphatic heterocycles. The lowest BCUT2D eigenvalue weighted by Crippen LogP contribution is -2.36. The Kier molecular flexibility index (Phi) is 6.52. The van der Waals surface area contributed by atoms with Gasteiger partial charge in [-0.3, -0.25) is 9.59 Å². The normalized spacial score (nSPS) is 10.2. The number of halogens is 2. The number of para-hydroxylation sites is 1. The molecule has 2 aromatic carbocycles. The van der Waals surface area contributed by atoms with Gasteiger partial charge in [-0.15, -0.1) is 0 Å². The highest BCUT2D eigenvalue weighted by Crippen LogP contribution is 2.21. The van der Waals surface area contributed by atoms with Crippen molar-refractivity contribution < 1.29 is 18.7 Å². The summed E-state index contributed by atoms with van der Waals surface area (Å²) in [7, 11) is 0. The van der Waals surface area contributed by atoms with E-state index in [0.717, 1.165) is 16.8 Å². The molecule has 132 valence electrons. The summed E-state index contributed by atoms with van der Waals surface area (Å²) in [5, 5.41) is 5.20. The van der Waals surface area contributed by atoms with E-state index in [-0.39, 0.29) is 24.8 Å². The molecule has 25 heavy (non-hydrogen) atoms. The van der Waals surface area contributed by atoms with Gasteiger partial charge in [-0.05, 0) is 43.2 Å². The molecule has 7 heteroatoms. The molecular weight excluding hydrogens is 391 g/mol. The summed E-state index contributed by atoms with van der Waals surface area (Å²) in [5.74, 6) is -1.46. The Morgan fingerprint density at radius 1 is 1.12 bits per heavy atom. The summed E-state index contributed by atoms with van der Waals surface area (Å²) >= 11 is 3.14. The van der Waals surface area contributed by atoms with Crippen molar-refractivity contribution in [2.24, 2.45) is 0 Å². The summed E-state index contributed by atoms with van der Waals surface area (Å²) in [6.07, 6.45) is 0. The monoisotopic (exact) mass is 408 g/mol. The van der Waals surface area contributed by atoms with Gasteiger partial charge in [-0.25, -0.2) is 4.39 Å². The molecule has 0 aromatic heterocycles. The van der Waals surface area contributed by atoms with E-state index in [1.165, 1.54) is 12.1 Å². The van der Waals surface area contributed by atoms with Gasteiger partial charge in [0.2, 0.25) is 5.91 Å². The summed E-state index contributed by atoms with van der Waals surface area (Å²) in [4.78, 5) is 23.7. The molecule has 0 saturated carbocycles. The second-order valence-electron chi connectivity index (χ2n) is 5.46. The average Bonchev–Trinajstić information content (AvgIpc) is 2.55. The zero-order valence-electron chi connectivity index (χ0n) is 13.9. The van der Waals surface area contributed by atoms with E-state index >= 15 is 0 Å². The maximum Gasteiger partial charge on any atom is 0.258 e. The number of hydrogen-bond acceptors (Lipinski definition) is 3. The number of amides is 2. The number of hydrogen-bond donors (Lipinski definition) is 2. The maximum absolute atomic E-state index is 13.6. The molecule has 0 atom stereocenters. The number of ether oxygens (including phenoxy) is 1. The van der Waals surface area contributed by atoms with Gasteiger partial charge < -0.3 is 15.4 Å². The predicted octanol–water partition coefficient (Wildman–Crippen LogP) is 3.34. The third kappa shape index (κ3) is 5.56. The van der Waals surface area contributed by atoms with Crippen LogP contribution in [-0.2, 0) is 9.59 Å². The number of benzene rings is 2. The molecule has 0 aliphatic rings. The van der Waals surface area contributed by atoms with E-state index in [1.807, 2.05) is 32.0 Å². The van der Waals surface area contributed by atoms with Gasteiger partial charge in [0.05, 0.1) is 6.54 Å². The minimum absolute atomic E-state index is 0.0293. The number of nitrogens with one attached hydrogen (secondary N) is 2. The molecule has 0 aliphatic carbocycles. The van der Waals surface area contributed by atoms with Gasteiger partial charge in [0.25, 0.3) is 5.91 Å². The predicted molar refractivity (Wildman–Crippen MR) is 97.2 cm³/mol. The highest BCUT2D eigenvalue weighted by Gasteiger charge is 2.11. The highest BCUT2D eigenvalue weighted by molar-refractivity contribution is 9.10. The minimum atomic E-state index is -0.574. The zero-order chi connectivity index (χ0) is 18.4. The lowest BCUT2D eigenvalue weighted by atomic mass is 10.1. The third-order valence-corrected chi connectivity index (χ3v) is 3.94. The summed E-state index contributed by atoms with van der Waals surface area (Å²) in [6, 6.07) is 9.95. The fourth-order valence-corrected chi connectivity index (χ4v) is 2.49. The number of aryl methyl sites for hydroxylation is 2. The topological polar surface area (TPSA) is 67.4 Å². The van der Waals surface area contributed by atoms with Crippen molar-refractivity contribution in [1.82, 2.24) is 5.32 Å². The largest absolute Gasteiger partial charge is 0.481 e. The SMILES string of the molecule is Cc1cccc(C)c1NC(=O)CNC(=O)COc1ccc(Br)cc1F. The van der Waals surface area contributed by atoms with Gasteiger partial charge in [0, 0.05) is 10.2 Å². The Labute approximate surface area is 153 Å². The Bertz CT molecular complexity index is 776. The molecule has 2 N–H and O–H groups in total. The standard InChI is InChI=1S/C18H18BrFN2O3/c1-11-4-3-5-12(2)18(11)22-16(23)9-21-17(24)10-25-15-7-6-13(19)8-14(15)20/h3-8H,9-10H2,1-2H3,(H,21,24)(H,22,23). The fraction of sp³-hybridized carbons (Fsp3) is 0.222. The molecule has 0 heterocycles. The van der Waals surface area contributed by atoms with Crippen LogP contribution in [0, 0.1) is 19.7 Å². The van der Waals surface area contributed by atoms with E-state index in [9.17, 15) is 14.0 Å². The number of rotatable bonds is 6. The van der Waals surface area contributed by atoms with Gasteiger partial charge in [0.15, 0.2) is 18.2 Å². The van der Waals surface area contributed by atoms with Crippen LogP contribution in [0.2, 0.25) is 0 Å². The van der Waals surface area contributed by atoms with E-state index in [0.29, 0.717) is 4.47 Å². The molecule has 5 nitrogen and oxygen atoms in total. The lowest BCUT2D eigenvalue weighted by molar-refractivity contribution is -0.125. The first kappa shape index (κ1) is 18.9. The van der Waals surface area contributed by atoms with Crippen molar-refractivity contribution in [1.29, 1.82) is 0 Å².